The molecule has 0 saturated carbocycles. The number of hydrogen-bond acceptors (Lipinski definition) is 4. The molecule has 1 aromatic heterocycles. The van der Waals surface area contributed by atoms with E-state index in [1.54, 1.807) is 18.3 Å². The average molecular weight is 378 g/mol. The van der Waals surface area contributed by atoms with Gasteiger partial charge in [0, 0.05) is 11.6 Å². The summed E-state index contributed by atoms with van der Waals surface area (Å²) in [4.78, 5) is 15.3. The second-order valence-corrected chi connectivity index (χ2v) is 5.00. The molecule has 94 valence electrons. The minimum absolute atomic E-state index is 0.153. The Labute approximate surface area is 122 Å². The molecule has 1 aromatic carbocycles. The number of carbonyl (C=O) groups excluding carboxylic acids is 1. The molecule has 0 saturated heterocycles. The smallest absolute Gasteiger partial charge is 0.343 e. The van der Waals surface area contributed by atoms with Gasteiger partial charge in [0.2, 0.25) is 0 Å². The van der Waals surface area contributed by atoms with Crippen molar-refractivity contribution in [2.24, 2.45) is 0 Å². The topological polar surface area (TPSA) is 48.4 Å². The molecule has 0 aliphatic carbocycles. The highest BCUT2D eigenvalue weighted by atomic mass is 127. The van der Waals surface area contributed by atoms with E-state index < -0.39 is 5.97 Å². The minimum Gasteiger partial charge on any atom is -0.478 e. The number of hydrogen-bond donors (Lipinski definition) is 0. The molecule has 0 amide bonds. The third-order valence-electron chi connectivity index (χ3n) is 2.31. The van der Waals surface area contributed by atoms with E-state index in [-0.39, 0.29) is 6.61 Å². The normalized spacial score (nSPS) is 10.4. The monoisotopic (exact) mass is 377 g/mol. The fourth-order valence-electron chi connectivity index (χ4n) is 1.47. The molecule has 1 heterocycles. The molecule has 0 unspecified atom stereocenters. The highest BCUT2D eigenvalue weighted by Crippen LogP contribution is 2.34. The molecule has 0 fully saturated rings. The first-order chi connectivity index (χ1) is 8.63. The van der Waals surface area contributed by atoms with E-state index in [4.69, 9.17) is 16.3 Å². The number of ether oxygens (including phenoxy) is 2. The second-order valence-electron chi connectivity index (χ2n) is 3.43. The Morgan fingerprint density at radius 2 is 2.33 bits per heavy atom. The van der Waals surface area contributed by atoms with Crippen LogP contribution in [0, 0.1) is 3.57 Å². The van der Waals surface area contributed by atoms with E-state index >= 15 is 0 Å². The van der Waals surface area contributed by atoms with Gasteiger partial charge in [-0.15, -0.1) is 0 Å². The van der Waals surface area contributed by atoms with Crippen LogP contribution in [-0.4, -0.2) is 24.7 Å². The summed E-state index contributed by atoms with van der Waals surface area (Å²) >= 11 is 8.22. The number of carbonyl (C=O) groups is 1. The van der Waals surface area contributed by atoms with Gasteiger partial charge in [-0.1, -0.05) is 11.6 Å². The summed E-state index contributed by atoms with van der Waals surface area (Å²) in [6.45, 7) is -0.153. The molecular formula is C12H9ClINO3. The van der Waals surface area contributed by atoms with Gasteiger partial charge < -0.3 is 9.47 Å². The molecule has 6 heteroatoms. The highest BCUT2D eigenvalue weighted by Gasteiger charge is 2.13. The lowest BCUT2D eigenvalue weighted by Crippen LogP contribution is -2.13. The SMILES string of the molecule is COC(=O)COc1c(I)cc(Cl)c2cccnc12. The summed E-state index contributed by atoms with van der Waals surface area (Å²) in [5.41, 5.74) is 0.637. The van der Waals surface area contributed by atoms with Gasteiger partial charge in [-0.2, -0.15) is 0 Å². The van der Waals surface area contributed by atoms with Gasteiger partial charge in [-0.05, 0) is 40.8 Å². The largest absolute Gasteiger partial charge is 0.478 e. The fraction of sp³-hybridized carbons (Fsp3) is 0.167. The molecule has 2 aromatic rings. The van der Waals surface area contributed by atoms with Crippen molar-refractivity contribution >= 4 is 51.1 Å². The van der Waals surface area contributed by atoms with Crippen molar-refractivity contribution in [1.82, 2.24) is 4.98 Å². The van der Waals surface area contributed by atoms with Crippen molar-refractivity contribution < 1.29 is 14.3 Å². The predicted octanol–water partition coefficient (Wildman–Crippen LogP) is 3.04. The predicted molar refractivity (Wildman–Crippen MR) is 77.0 cm³/mol. The number of benzene rings is 1. The minimum atomic E-state index is -0.440. The Balaban J connectivity index is 2.46. The molecule has 0 aliphatic heterocycles. The van der Waals surface area contributed by atoms with Crippen LogP contribution in [0.4, 0.5) is 0 Å². The van der Waals surface area contributed by atoms with Gasteiger partial charge >= 0.3 is 5.97 Å². The van der Waals surface area contributed by atoms with Crippen LogP contribution in [0.25, 0.3) is 10.9 Å². The summed E-state index contributed by atoms with van der Waals surface area (Å²) in [7, 11) is 1.31. The summed E-state index contributed by atoms with van der Waals surface area (Å²) in [5, 5.41) is 1.40. The number of fused-ring (bicyclic) bond motifs is 1. The maximum Gasteiger partial charge on any atom is 0.343 e. The van der Waals surface area contributed by atoms with Crippen molar-refractivity contribution in [3.8, 4) is 5.75 Å². The maximum absolute atomic E-state index is 11.1. The number of esters is 1. The lowest BCUT2D eigenvalue weighted by atomic mass is 10.2. The van der Waals surface area contributed by atoms with Gasteiger partial charge in [0.05, 0.1) is 15.7 Å². The summed E-state index contributed by atoms with van der Waals surface area (Å²) < 4.78 is 10.8. The lowest BCUT2D eigenvalue weighted by Gasteiger charge is -2.10. The summed E-state index contributed by atoms with van der Waals surface area (Å²) in [6.07, 6.45) is 1.65. The Morgan fingerprint density at radius 3 is 3.06 bits per heavy atom. The van der Waals surface area contributed by atoms with Gasteiger partial charge in [0.25, 0.3) is 0 Å². The molecule has 0 aliphatic rings. The molecule has 0 spiro atoms. The molecular weight excluding hydrogens is 368 g/mol. The van der Waals surface area contributed by atoms with Crippen LogP contribution in [0.15, 0.2) is 24.4 Å². The van der Waals surface area contributed by atoms with Crippen LogP contribution in [0.3, 0.4) is 0 Å². The van der Waals surface area contributed by atoms with Crippen molar-refractivity contribution in [3.05, 3.63) is 33.0 Å². The fourth-order valence-corrected chi connectivity index (χ4v) is 2.64. The quantitative estimate of drug-likeness (QED) is 0.609. The second kappa shape index (κ2) is 5.71. The Bertz CT molecular complexity index is 603. The average Bonchev–Trinajstić information content (AvgIpc) is 2.38. The number of aromatic nitrogens is 1. The third kappa shape index (κ3) is 2.67. The standard InChI is InChI=1S/C12H9ClINO3/c1-17-10(16)6-18-12-9(14)5-8(13)7-3-2-4-15-11(7)12/h2-5H,6H2,1H3. The van der Waals surface area contributed by atoms with E-state index in [0.29, 0.717) is 16.3 Å². The summed E-state index contributed by atoms with van der Waals surface area (Å²) in [6, 6.07) is 5.43. The molecule has 18 heavy (non-hydrogen) atoms. The van der Waals surface area contributed by atoms with Crippen LogP contribution in [0.1, 0.15) is 0 Å². The molecule has 0 bridgehead atoms. The van der Waals surface area contributed by atoms with E-state index in [1.807, 2.05) is 6.07 Å². The number of rotatable bonds is 3. The molecule has 0 atom stereocenters. The van der Waals surface area contributed by atoms with Gasteiger partial charge in [-0.25, -0.2) is 4.79 Å². The molecule has 4 nitrogen and oxygen atoms in total. The third-order valence-corrected chi connectivity index (χ3v) is 3.43. The van der Waals surface area contributed by atoms with Gasteiger partial charge in [-0.3, -0.25) is 4.98 Å². The molecule has 0 N–H and O–H groups in total. The zero-order chi connectivity index (χ0) is 13.1. The van der Waals surface area contributed by atoms with Crippen molar-refractivity contribution in [1.29, 1.82) is 0 Å². The Hall–Kier alpha value is -1.08. The van der Waals surface area contributed by atoms with Crippen LogP contribution in [-0.2, 0) is 9.53 Å². The number of nitrogens with zero attached hydrogens (tertiary/aromatic N) is 1. The number of halogens is 2. The van der Waals surface area contributed by atoms with Crippen LogP contribution in [0.5, 0.6) is 5.75 Å². The van der Waals surface area contributed by atoms with Crippen LogP contribution >= 0.6 is 34.2 Å². The van der Waals surface area contributed by atoms with Gasteiger partial charge in [0.15, 0.2) is 12.4 Å². The first-order valence-electron chi connectivity index (χ1n) is 5.06. The van der Waals surface area contributed by atoms with Gasteiger partial charge in [0.1, 0.15) is 5.52 Å². The highest BCUT2D eigenvalue weighted by molar-refractivity contribution is 14.1. The molecule has 0 radical (unpaired) electrons. The van der Waals surface area contributed by atoms with Crippen LogP contribution in [0.2, 0.25) is 5.02 Å². The maximum atomic E-state index is 11.1. The van der Waals surface area contributed by atoms with Crippen molar-refractivity contribution in [2.45, 2.75) is 0 Å². The van der Waals surface area contributed by atoms with E-state index in [0.717, 1.165) is 8.96 Å². The number of methoxy groups -OCH3 is 1. The number of pyridine rings is 1. The summed E-state index contributed by atoms with van der Waals surface area (Å²) in [5.74, 6) is 0.103. The van der Waals surface area contributed by atoms with Crippen LogP contribution < -0.4 is 4.74 Å². The zero-order valence-electron chi connectivity index (χ0n) is 9.44. The Morgan fingerprint density at radius 1 is 1.56 bits per heavy atom. The van der Waals surface area contributed by atoms with E-state index in [9.17, 15) is 4.79 Å². The first-order valence-corrected chi connectivity index (χ1v) is 6.51. The zero-order valence-corrected chi connectivity index (χ0v) is 12.4. The Kier molecular flexibility index (Phi) is 4.23. The molecule has 2 rings (SSSR count). The van der Waals surface area contributed by atoms with E-state index in [1.165, 1.54) is 7.11 Å². The van der Waals surface area contributed by atoms with Crippen molar-refractivity contribution in [3.63, 3.8) is 0 Å². The lowest BCUT2D eigenvalue weighted by molar-refractivity contribution is -0.142. The first kappa shape index (κ1) is 13.4. The van der Waals surface area contributed by atoms with E-state index in [2.05, 4.69) is 32.3 Å². The van der Waals surface area contributed by atoms with Crippen molar-refractivity contribution in [2.75, 3.05) is 13.7 Å².